The SMILES string of the molecule is COc1c(C)cnc(CNc2c(C)c(C)nc3ncnn23)c1C. The van der Waals surface area contributed by atoms with Crippen LogP contribution >= 0.6 is 0 Å². The Morgan fingerprint density at radius 1 is 1.13 bits per heavy atom. The van der Waals surface area contributed by atoms with E-state index in [0.29, 0.717) is 12.3 Å². The largest absolute Gasteiger partial charge is 0.496 e. The summed E-state index contributed by atoms with van der Waals surface area (Å²) >= 11 is 0. The van der Waals surface area contributed by atoms with Crippen LogP contribution in [0.15, 0.2) is 12.5 Å². The Labute approximate surface area is 134 Å². The summed E-state index contributed by atoms with van der Waals surface area (Å²) in [5.41, 5.74) is 4.98. The molecule has 0 aliphatic carbocycles. The van der Waals surface area contributed by atoms with Gasteiger partial charge in [-0.3, -0.25) is 4.98 Å². The topological polar surface area (TPSA) is 77.2 Å². The summed E-state index contributed by atoms with van der Waals surface area (Å²) in [5, 5.41) is 7.65. The molecule has 0 atom stereocenters. The van der Waals surface area contributed by atoms with Crippen molar-refractivity contribution in [1.29, 1.82) is 0 Å². The first-order valence-corrected chi connectivity index (χ1v) is 7.42. The molecule has 3 rings (SSSR count). The van der Waals surface area contributed by atoms with E-state index >= 15 is 0 Å². The molecule has 7 nitrogen and oxygen atoms in total. The lowest BCUT2D eigenvalue weighted by atomic mass is 10.1. The van der Waals surface area contributed by atoms with Gasteiger partial charge in [-0.1, -0.05) is 0 Å². The number of fused-ring (bicyclic) bond motifs is 1. The van der Waals surface area contributed by atoms with E-state index < -0.39 is 0 Å². The smallest absolute Gasteiger partial charge is 0.254 e. The second-order valence-corrected chi connectivity index (χ2v) is 5.54. The predicted molar refractivity (Wildman–Crippen MR) is 87.8 cm³/mol. The van der Waals surface area contributed by atoms with Gasteiger partial charge in [0.25, 0.3) is 5.78 Å². The lowest BCUT2D eigenvalue weighted by molar-refractivity contribution is 0.407. The Morgan fingerprint density at radius 3 is 2.65 bits per heavy atom. The van der Waals surface area contributed by atoms with Crippen molar-refractivity contribution in [2.24, 2.45) is 0 Å². The highest BCUT2D eigenvalue weighted by Gasteiger charge is 2.13. The van der Waals surface area contributed by atoms with Crippen molar-refractivity contribution in [2.75, 3.05) is 12.4 Å². The minimum absolute atomic E-state index is 0.571. The normalized spacial score (nSPS) is 11.0. The Balaban J connectivity index is 1.96. The minimum atomic E-state index is 0.571. The molecule has 0 fully saturated rings. The molecule has 7 heteroatoms. The second-order valence-electron chi connectivity index (χ2n) is 5.54. The van der Waals surface area contributed by atoms with E-state index in [1.54, 1.807) is 11.6 Å². The summed E-state index contributed by atoms with van der Waals surface area (Å²) in [6, 6.07) is 0. The van der Waals surface area contributed by atoms with Gasteiger partial charge in [0.2, 0.25) is 0 Å². The molecule has 0 aromatic carbocycles. The monoisotopic (exact) mass is 312 g/mol. The first-order valence-electron chi connectivity index (χ1n) is 7.42. The van der Waals surface area contributed by atoms with E-state index in [0.717, 1.165) is 39.6 Å². The van der Waals surface area contributed by atoms with E-state index in [1.165, 1.54) is 6.33 Å². The van der Waals surface area contributed by atoms with Gasteiger partial charge >= 0.3 is 0 Å². The number of aryl methyl sites for hydroxylation is 2. The van der Waals surface area contributed by atoms with E-state index in [9.17, 15) is 0 Å². The van der Waals surface area contributed by atoms with Crippen LogP contribution in [0.5, 0.6) is 5.75 Å². The highest BCUT2D eigenvalue weighted by molar-refractivity contribution is 5.52. The number of nitrogens with zero attached hydrogens (tertiary/aromatic N) is 5. The Hall–Kier alpha value is -2.70. The quantitative estimate of drug-likeness (QED) is 0.797. The number of anilines is 1. The van der Waals surface area contributed by atoms with E-state index in [1.807, 2.05) is 33.9 Å². The molecule has 120 valence electrons. The van der Waals surface area contributed by atoms with Crippen LogP contribution in [0.2, 0.25) is 0 Å². The average molecular weight is 312 g/mol. The molecular formula is C16H20N6O. The maximum Gasteiger partial charge on any atom is 0.254 e. The number of pyridine rings is 1. The molecule has 0 aliphatic heterocycles. The van der Waals surface area contributed by atoms with Crippen LogP contribution < -0.4 is 10.1 Å². The van der Waals surface area contributed by atoms with Gasteiger partial charge in [-0.15, -0.1) is 0 Å². The van der Waals surface area contributed by atoms with Gasteiger partial charge in [0.15, 0.2) is 0 Å². The summed E-state index contributed by atoms with van der Waals surface area (Å²) in [5.74, 6) is 2.35. The van der Waals surface area contributed by atoms with Crippen LogP contribution in [0.1, 0.15) is 28.1 Å². The van der Waals surface area contributed by atoms with Gasteiger partial charge in [-0.25, -0.2) is 4.98 Å². The number of nitrogens with one attached hydrogen (secondary N) is 1. The van der Waals surface area contributed by atoms with Crippen LogP contribution in [0.3, 0.4) is 0 Å². The van der Waals surface area contributed by atoms with E-state index in [2.05, 4.69) is 25.4 Å². The number of methoxy groups -OCH3 is 1. The van der Waals surface area contributed by atoms with Gasteiger partial charge in [0.1, 0.15) is 17.9 Å². The molecule has 3 heterocycles. The lowest BCUT2D eigenvalue weighted by Crippen LogP contribution is -2.12. The van der Waals surface area contributed by atoms with E-state index in [4.69, 9.17) is 4.74 Å². The molecule has 0 radical (unpaired) electrons. The molecule has 0 spiro atoms. The standard InChI is InChI=1S/C16H20N6O/c1-9-6-17-13(11(3)14(9)23-5)7-18-15-10(2)12(4)21-16-19-8-20-22(15)16/h6,8,18H,7H2,1-5H3. The summed E-state index contributed by atoms with van der Waals surface area (Å²) in [6.07, 6.45) is 3.34. The Morgan fingerprint density at radius 2 is 1.91 bits per heavy atom. The predicted octanol–water partition coefficient (Wildman–Crippen LogP) is 2.37. The molecule has 23 heavy (non-hydrogen) atoms. The fraction of sp³-hybridized carbons (Fsp3) is 0.375. The maximum atomic E-state index is 5.46. The summed E-state index contributed by atoms with van der Waals surface area (Å²) in [7, 11) is 1.68. The van der Waals surface area contributed by atoms with Crippen molar-refractivity contribution in [2.45, 2.75) is 34.2 Å². The first kappa shape index (κ1) is 15.2. The lowest BCUT2D eigenvalue weighted by Gasteiger charge is -2.15. The fourth-order valence-corrected chi connectivity index (χ4v) is 2.66. The number of rotatable bonds is 4. The fourth-order valence-electron chi connectivity index (χ4n) is 2.66. The van der Waals surface area contributed by atoms with Gasteiger partial charge in [0.05, 0.1) is 19.3 Å². The highest BCUT2D eigenvalue weighted by Crippen LogP contribution is 2.25. The summed E-state index contributed by atoms with van der Waals surface area (Å²) in [6.45, 7) is 8.56. The van der Waals surface area contributed by atoms with Crippen molar-refractivity contribution in [1.82, 2.24) is 24.6 Å². The van der Waals surface area contributed by atoms with Crippen molar-refractivity contribution in [3.63, 3.8) is 0 Å². The molecule has 0 unspecified atom stereocenters. The number of aromatic nitrogens is 5. The van der Waals surface area contributed by atoms with Crippen LogP contribution in [0, 0.1) is 27.7 Å². The van der Waals surface area contributed by atoms with Gasteiger partial charge in [-0.2, -0.15) is 14.6 Å². The zero-order valence-corrected chi connectivity index (χ0v) is 14.0. The molecule has 0 amide bonds. The first-order chi connectivity index (χ1) is 11.0. The van der Waals surface area contributed by atoms with Gasteiger partial charge in [0, 0.05) is 28.6 Å². The van der Waals surface area contributed by atoms with Crippen LogP contribution in [0.4, 0.5) is 5.82 Å². The van der Waals surface area contributed by atoms with E-state index in [-0.39, 0.29) is 0 Å². The van der Waals surface area contributed by atoms with Crippen molar-refractivity contribution >= 4 is 11.6 Å². The molecule has 0 aliphatic rings. The molecule has 3 aromatic rings. The number of ether oxygens (including phenoxy) is 1. The average Bonchev–Trinajstić information content (AvgIpc) is 2.98. The van der Waals surface area contributed by atoms with Crippen molar-refractivity contribution < 1.29 is 4.74 Å². The highest BCUT2D eigenvalue weighted by atomic mass is 16.5. The van der Waals surface area contributed by atoms with Gasteiger partial charge < -0.3 is 10.1 Å². The zero-order chi connectivity index (χ0) is 16.6. The third-order valence-electron chi connectivity index (χ3n) is 4.08. The Bertz CT molecular complexity index is 871. The van der Waals surface area contributed by atoms with Crippen LogP contribution in [0.25, 0.3) is 5.78 Å². The molecule has 0 saturated heterocycles. The minimum Gasteiger partial charge on any atom is -0.496 e. The maximum absolute atomic E-state index is 5.46. The molecule has 0 bridgehead atoms. The Kier molecular flexibility index (Phi) is 3.85. The van der Waals surface area contributed by atoms with Crippen LogP contribution in [-0.4, -0.2) is 31.7 Å². The second kappa shape index (κ2) is 5.83. The molecule has 3 aromatic heterocycles. The van der Waals surface area contributed by atoms with Gasteiger partial charge in [-0.05, 0) is 27.7 Å². The zero-order valence-electron chi connectivity index (χ0n) is 14.0. The molecular weight excluding hydrogens is 292 g/mol. The van der Waals surface area contributed by atoms with Crippen LogP contribution in [-0.2, 0) is 6.54 Å². The summed E-state index contributed by atoms with van der Waals surface area (Å²) < 4.78 is 7.18. The third kappa shape index (κ3) is 2.58. The molecule has 1 N–H and O–H groups in total. The number of hydrogen-bond donors (Lipinski definition) is 1. The summed E-state index contributed by atoms with van der Waals surface area (Å²) in [4.78, 5) is 13.1. The third-order valence-corrected chi connectivity index (χ3v) is 4.08. The molecule has 0 saturated carbocycles. The van der Waals surface area contributed by atoms with Crippen molar-refractivity contribution in [3.05, 3.63) is 40.6 Å². The number of hydrogen-bond acceptors (Lipinski definition) is 6. The van der Waals surface area contributed by atoms with Crippen molar-refractivity contribution in [3.8, 4) is 5.75 Å².